The molecule has 0 saturated heterocycles. The number of unbranched alkanes of at least 4 members (excludes halogenated alkanes) is 5. The Morgan fingerprint density at radius 1 is 0.636 bits per heavy atom. The van der Waals surface area contributed by atoms with Gasteiger partial charge in [0.05, 0.1) is 39.6 Å². The Morgan fingerprint density at radius 3 is 1.76 bits per heavy atom. The van der Waals surface area contributed by atoms with Crippen LogP contribution >= 0.6 is 0 Å². The number of hydrogen-bond acceptors (Lipinski definition) is 8. The summed E-state index contributed by atoms with van der Waals surface area (Å²) in [5.74, 6) is -1.74. The quantitative estimate of drug-likeness (QED) is 0.117. The average Bonchev–Trinajstić information content (AvgIpc) is 2.84. The lowest BCUT2D eigenvalue weighted by Crippen LogP contribution is -2.20. The lowest BCUT2D eigenvalue weighted by atomic mass is 10.1. The minimum atomic E-state index is -0.897. The molecule has 0 N–H and O–H groups in total. The van der Waals surface area contributed by atoms with E-state index in [0.717, 1.165) is 12.8 Å². The van der Waals surface area contributed by atoms with Gasteiger partial charge in [0.1, 0.15) is 13.2 Å². The predicted molar refractivity (Wildman–Crippen MR) is 123 cm³/mol. The van der Waals surface area contributed by atoms with E-state index >= 15 is 0 Å². The van der Waals surface area contributed by atoms with Crippen LogP contribution in [0.4, 0.5) is 0 Å². The van der Waals surface area contributed by atoms with Crippen LogP contribution in [0.1, 0.15) is 62.2 Å². The maximum atomic E-state index is 11.8. The van der Waals surface area contributed by atoms with Crippen LogP contribution < -0.4 is 0 Å². The molecular weight excluding hydrogens is 428 g/mol. The monoisotopic (exact) mass is 466 g/mol. The Balaban J connectivity index is 1.82. The first-order valence-corrected chi connectivity index (χ1v) is 11.8. The standard InChI is InChI=1S/C25H38O8/c1-2-3-4-5-6-10-13-23(26)32-20-18-30-16-14-29-15-17-31-19-21-33-25(28)24(27)22-11-8-7-9-12-22/h7-9,11-12H,2-6,10,13-21H2,1H3. The zero-order valence-electron chi connectivity index (χ0n) is 19.8. The molecule has 0 heterocycles. The zero-order valence-corrected chi connectivity index (χ0v) is 19.8. The fraction of sp³-hybridized carbons (Fsp3) is 0.640. The zero-order chi connectivity index (χ0) is 24.0. The fourth-order valence-electron chi connectivity index (χ4n) is 2.84. The summed E-state index contributed by atoms with van der Waals surface area (Å²) in [7, 11) is 0. The third-order valence-corrected chi connectivity index (χ3v) is 4.65. The molecule has 1 aromatic carbocycles. The largest absolute Gasteiger partial charge is 0.463 e. The van der Waals surface area contributed by atoms with Crippen LogP contribution in [0.15, 0.2) is 30.3 Å². The minimum Gasteiger partial charge on any atom is -0.463 e. The highest BCUT2D eigenvalue weighted by Gasteiger charge is 2.17. The van der Waals surface area contributed by atoms with Crippen molar-refractivity contribution in [1.82, 2.24) is 0 Å². The molecule has 0 atom stereocenters. The van der Waals surface area contributed by atoms with Gasteiger partial charge in [-0.15, -0.1) is 0 Å². The number of ketones is 1. The SMILES string of the molecule is CCCCCCCCC(=O)OCCOCCOCCOCCOC(=O)C(=O)c1ccccc1. The van der Waals surface area contributed by atoms with Gasteiger partial charge in [-0.25, -0.2) is 4.79 Å². The van der Waals surface area contributed by atoms with Crippen LogP contribution in [-0.2, 0) is 33.3 Å². The summed E-state index contributed by atoms with van der Waals surface area (Å²) in [6.45, 7) is 4.45. The van der Waals surface area contributed by atoms with E-state index in [1.54, 1.807) is 30.3 Å². The molecule has 0 aromatic heterocycles. The molecule has 0 spiro atoms. The molecule has 8 nitrogen and oxygen atoms in total. The van der Waals surface area contributed by atoms with Crippen LogP contribution in [-0.4, -0.2) is 70.6 Å². The van der Waals surface area contributed by atoms with E-state index < -0.39 is 11.8 Å². The van der Waals surface area contributed by atoms with Crippen molar-refractivity contribution in [1.29, 1.82) is 0 Å². The Labute approximate surface area is 196 Å². The molecule has 33 heavy (non-hydrogen) atoms. The number of ether oxygens (including phenoxy) is 5. The average molecular weight is 467 g/mol. The van der Waals surface area contributed by atoms with Crippen molar-refractivity contribution in [3.05, 3.63) is 35.9 Å². The van der Waals surface area contributed by atoms with Crippen molar-refractivity contribution >= 4 is 17.7 Å². The van der Waals surface area contributed by atoms with Crippen LogP contribution in [0.2, 0.25) is 0 Å². The van der Waals surface area contributed by atoms with Gasteiger partial charge < -0.3 is 23.7 Å². The van der Waals surface area contributed by atoms with Crippen LogP contribution in [0, 0.1) is 0 Å². The molecule has 0 aliphatic carbocycles. The second-order valence-corrected chi connectivity index (χ2v) is 7.41. The molecule has 0 aliphatic rings. The lowest BCUT2D eigenvalue weighted by molar-refractivity contribution is -0.145. The molecule has 0 saturated carbocycles. The van der Waals surface area contributed by atoms with E-state index in [4.69, 9.17) is 23.7 Å². The number of hydrogen-bond donors (Lipinski definition) is 0. The van der Waals surface area contributed by atoms with Gasteiger partial charge in [-0.1, -0.05) is 69.4 Å². The van der Waals surface area contributed by atoms with Gasteiger partial charge in [0, 0.05) is 12.0 Å². The number of Topliss-reactive ketones (excluding diaryl/α,β-unsaturated/α-hetero) is 1. The van der Waals surface area contributed by atoms with Gasteiger partial charge >= 0.3 is 11.9 Å². The first-order valence-electron chi connectivity index (χ1n) is 11.8. The summed E-state index contributed by atoms with van der Waals surface area (Å²) in [4.78, 5) is 35.1. The molecular formula is C25H38O8. The van der Waals surface area contributed by atoms with E-state index in [2.05, 4.69) is 6.92 Å². The van der Waals surface area contributed by atoms with Gasteiger partial charge in [0.15, 0.2) is 0 Å². The smallest absolute Gasteiger partial charge is 0.379 e. The normalized spacial score (nSPS) is 10.7. The van der Waals surface area contributed by atoms with E-state index in [1.807, 2.05) is 0 Å². The maximum Gasteiger partial charge on any atom is 0.379 e. The fourth-order valence-corrected chi connectivity index (χ4v) is 2.84. The van der Waals surface area contributed by atoms with Gasteiger partial charge in [-0.3, -0.25) is 9.59 Å². The number of carbonyl (C=O) groups is 3. The first kappa shape index (κ1) is 28.7. The van der Waals surface area contributed by atoms with Crippen molar-refractivity contribution in [2.75, 3.05) is 52.9 Å². The molecule has 0 fully saturated rings. The minimum absolute atomic E-state index is 0.00189. The van der Waals surface area contributed by atoms with Crippen LogP contribution in [0.3, 0.4) is 0 Å². The van der Waals surface area contributed by atoms with Crippen molar-refractivity contribution in [2.45, 2.75) is 51.9 Å². The molecule has 0 aliphatic heterocycles. The summed E-state index contributed by atoms with van der Waals surface area (Å²) >= 11 is 0. The third-order valence-electron chi connectivity index (χ3n) is 4.65. The molecule has 1 rings (SSSR count). The van der Waals surface area contributed by atoms with E-state index in [9.17, 15) is 14.4 Å². The van der Waals surface area contributed by atoms with Gasteiger partial charge in [-0.05, 0) is 6.42 Å². The summed E-state index contributed by atoms with van der Waals surface area (Å²) in [5, 5.41) is 0. The number of rotatable bonds is 21. The van der Waals surface area contributed by atoms with Crippen molar-refractivity contribution in [2.24, 2.45) is 0 Å². The second-order valence-electron chi connectivity index (χ2n) is 7.41. The number of carbonyl (C=O) groups excluding carboxylic acids is 3. The highest BCUT2D eigenvalue weighted by molar-refractivity contribution is 6.40. The molecule has 0 bridgehead atoms. The van der Waals surface area contributed by atoms with Crippen molar-refractivity contribution in [3.8, 4) is 0 Å². The predicted octanol–water partition coefficient (Wildman–Crippen LogP) is 3.76. The van der Waals surface area contributed by atoms with E-state index in [1.165, 1.54) is 25.7 Å². The Bertz CT molecular complexity index is 647. The molecule has 1 aromatic rings. The number of benzene rings is 1. The molecule has 0 radical (unpaired) electrons. The van der Waals surface area contributed by atoms with Crippen LogP contribution in [0.25, 0.3) is 0 Å². The highest BCUT2D eigenvalue weighted by atomic mass is 16.6. The third kappa shape index (κ3) is 16.0. The Kier molecular flexibility index (Phi) is 17.7. The molecule has 186 valence electrons. The summed E-state index contributed by atoms with van der Waals surface area (Å²) in [6.07, 6.45) is 7.32. The summed E-state index contributed by atoms with van der Waals surface area (Å²) in [6, 6.07) is 8.25. The van der Waals surface area contributed by atoms with Crippen molar-refractivity contribution < 1.29 is 38.1 Å². The summed E-state index contributed by atoms with van der Waals surface area (Å²) < 4.78 is 26.0. The van der Waals surface area contributed by atoms with Gasteiger partial charge in [-0.2, -0.15) is 0 Å². The molecule has 0 amide bonds. The molecule has 0 unspecified atom stereocenters. The Hall–Kier alpha value is -2.29. The highest BCUT2D eigenvalue weighted by Crippen LogP contribution is 2.07. The Morgan fingerprint density at radius 2 is 1.15 bits per heavy atom. The maximum absolute atomic E-state index is 11.8. The molecule has 8 heteroatoms. The van der Waals surface area contributed by atoms with E-state index in [-0.39, 0.29) is 25.8 Å². The van der Waals surface area contributed by atoms with E-state index in [0.29, 0.717) is 45.0 Å². The van der Waals surface area contributed by atoms with Gasteiger partial charge in [0.2, 0.25) is 0 Å². The van der Waals surface area contributed by atoms with Crippen molar-refractivity contribution in [3.63, 3.8) is 0 Å². The summed E-state index contributed by atoms with van der Waals surface area (Å²) in [5.41, 5.74) is 0.297. The van der Waals surface area contributed by atoms with Crippen LogP contribution in [0.5, 0.6) is 0 Å². The second kappa shape index (κ2) is 20.3. The topological polar surface area (TPSA) is 97.4 Å². The lowest BCUT2D eigenvalue weighted by Gasteiger charge is -2.08. The van der Waals surface area contributed by atoms with Gasteiger partial charge in [0.25, 0.3) is 5.78 Å². The number of esters is 2. The first-order chi connectivity index (χ1) is 16.1.